The average Bonchev–Trinajstić information content (AvgIpc) is 2.92. The molecule has 27 heavy (non-hydrogen) atoms. The zero-order chi connectivity index (χ0) is 19.4. The van der Waals surface area contributed by atoms with Crippen molar-refractivity contribution in [2.45, 2.75) is 25.9 Å². The predicted molar refractivity (Wildman–Crippen MR) is 102 cm³/mol. The SMILES string of the molecule is CC[NH+](Cc1ccccc1)CN1C(=O)N[C@@](C)(c2cccc(OC)c2)C1=O. The van der Waals surface area contributed by atoms with Gasteiger partial charge in [-0.2, -0.15) is 0 Å². The van der Waals surface area contributed by atoms with Gasteiger partial charge in [-0.1, -0.05) is 42.5 Å². The number of quaternary nitrogens is 1. The molecule has 1 unspecified atom stereocenters. The van der Waals surface area contributed by atoms with Crippen LogP contribution >= 0.6 is 0 Å². The van der Waals surface area contributed by atoms with Crippen LogP contribution in [0.15, 0.2) is 54.6 Å². The first-order chi connectivity index (χ1) is 13.0. The number of rotatable bonds is 7. The summed E-state index contributed by atoms with van der Waals surface area (Å²) in [5, 5.41) is 2.86. The third-order valence-electron chi connectivity index (χ3n) is 5.10. The molecule has 1 fully saturated rings. The Morgan fingerprint density at radius 1 is 1.11 bits per heavy atom. The number of ether oxygens (including phenoxy) is 1. The summed E-state index contributed by atoms with van der Waals surface area (Å²) in [5.41, 5.74) is 0.804. The molecule has 2 atom stereocenters. The van der Waals surface area contributed by atoms with Crippen molar-refractivity contribution in [2.75, 3.05) is 20.3 Å². The molecule has 3 amide bonds. The molecule has 3 rings (SSSR count). The van der Waals surface area contributed by atoms with Gasteiger partial charge in [0.05, 0.1) is 13.7 Å². The van der Waals surface area contributed by atoms with Crippen molar-refractivity contribution in [3.8, 4) is 5.75 Å². The van der Waals surface area contributed by atoms with Crippen molar-refractivity contribution < 1.29 is 19.2 Å². The number of carbonyl (C=O) groups is 2. The number of hydrogen-bond donors (Lipinski definition) is 2. The van der Waals surface area contributed by atoms with Crippen molar-refractivity contribution in [1.29, 1.82) is 0 Å². The highest BCUT2D eigenvalue weighted by Gasteiger charge is 2.50. The Morgan fingerprint density at radius 2 is 1.85 bits per heavy atom. The molecule has 0 spiro atoms. The molecule has 6 nitrogen and oxygen atoms in total. The lowest BCUT2D eigenvalue weighted by molar-refractivity contribution is -0.919. The fourth-order valence-electron chi connectivity index (χ4n) is 3.37. The van der Waals surface area contributed by atoms with Gasteiger partial charge >= 0.3 is 6.03 Å². The summed E-state index contributed by atoms with van der Waals surface area (Å²) < 4.78 is 5.25. The van der Waals surface area contributed by atoms with Crippen LogP contribution in [0.25, 0.3) is 0 Å². The van der Waals surface area contributed by atoms with Gasteiger partial charge in [0.25, 0.3) is 5.91 Å². The number of hydrogen-bond acceptors (Lipinski definition) is 3. The smallest absolute Gasteiger partial charge is 0.329 e. The Hall–Kier alpha value is -2.86. The summed E-state index contributed by atoms with van der Waals surface area (Å²) in [4.78, 5) is 28.2. The minimum atomic E-state index is -1.09. The average molecular weight is 368 g/mol. The number of benzene rings is 2. The molecule has 0 saturated carbocycles. The van der Waals surface area contributed by atoms with Crippen LogP contribution < -0.4 is 15.0 Å². The Bertz CT molecular complexity index is 824. The minimum Gasteiger partial charge on any atom is -0.497 e. The summed E-state index contributed by atoms with van der Waals surface area (Å²) in [6, 6.07) is 17.0. The maximum absolute atomic E-state index is 13.1. The number of amides is 3. The second kappa shape index (κ2) is 7.80. The van der Waals surface area contributed by atoms with Gasteiger partial charge in [-0.05, 0) is 31.5 Å². The molecule has 0 radical (unpaired) electrons. The third-order valence-corrected chi connectivity index (χ3v) is 5.10. The normalized spacial score (nSPS) is 20.5. The van der Waals surface area contributed by atoms with E-state index in [2.05, 4.69) is 24.4 Å². The number of carbonyl (C=O) groups excluding carboxylic acids is 2. The van der Waals surface area contributed by atoms with Gasteiger partial charge in [0.1, 0.15) is 17.8 Å². The molecule has 6 heteroatoms. The lowest BCUT2D eigenvalue weighted by Crippen LogP contribution is -3.12. The highest BCUT2D eigenvalue weighted by molar-refractivity contribution is 6.07. The zero-order valence-corrected chi connectivity index (χ0v) is 16.0. The molecule has 0 aromatic heterocycles. The lowest BCUT2D eigenvalue weighted by atomic mass is 9.92. The minimum absolute atomic E-state index is 0.236. The first kappa shape index (κ1) is 18.9. The van der Waals surface area contributed by atoms with E-state index in [0.717, 1.165) is 18.0 Å². The first-order valence-electron chi connectivity index (χ1n) is 9.14. The molecule has 142 valence electrons. The van der Waals surface area contributed by atoms with Crippen molar-refractivity contribution in [1.82, 2.24) is 10.2 Å². The summed E-state index contributed by atoms with van der Waals surface area (Å²) in [5.74, 6) is 0.416. The van der Waals surface area contributed by atoms with Crippen molar-refractivity contribution >= 4 is 11.9 Å². The van der Waals surface area contributed by atoms with E-state index in [4.69, 9.17) is 4.74 Å². The van der Waals surface area contributed by atoms with E-state index in [1.807, 2.05) is 36.4 Å². The van der Waals surface area contributed by atoms with Gasteiger partial charge in [0, 0.05) is 5.56 Å². The van der Waals surface area contributed by atoms with Crippen LogP contribution in [-0.4, -0.2) is 37.2 Å². The number of urea groups is 1. The molecule has 0 bridgehead atoms. The summed E-state index contributed by atoms with van der Waals surface area (Å²) in [6.45, 7) is 5.69. The summed E-state index contributed by atoms with van der Waals surface area (Å²) in [7, 11) is 1.58. The van der Waals surface area contributed by atoms with Gasteiger partial charge in [0.15, 0.2) is 6.67 Å². The van der Waals surface area contributed by atoms with E-state index in [1.54, 1.807) is 20.1 Å². The predicted octanol–water partition coefficient (Wildman–Crippen LogP) is 1.52. The van der Waals surface area contributed by atoms with Crippen molar-refractivity contribution in [3.05, 3.63) is 65.7 Å². The van der Waals surface area contributed by atoms with Crippen molar-refractivity contribution in [2.24, 2.45) is 0 Å². The second-order valence-corrected chi connectivity index (χ2v) is 6.94. The lowest BCUT2D eigenvalue weighted by Gasteiger charge is -2.24. The van der Waals surface area contributed by atoms with Gasteiger partial charge in [0.2, 0.25) is 0 Å². The molecule has 2 aromatic rings. The van der Waals surface area contributed by atoms with Crippen LogP contribution in [0.3, 0.4) is 0 Å². The number of imide groups is 1. The van der Waals surface area contributed by atoms with E-state index < -0.39 is 5.54 Å². The molecule has 2 N–H and O–H groups in total. The maximum atomic E-state index is 13.1. The van der Waals surface area contributed by atoms with Gasteiger partial charge < -0.3 is 15.0 Å². The highest BCUT2D eigenvalue weighted by atomic mass is 16.5. The quantitative estimate of drug-likeness (QED) is 0.729. The Labute approximate surface area is 159 Å². The fourth-order valence-corrected chi connectivity index (χ4v) is 3.37. The first-order valence-corrected chi connectivity index (χ1v) is 9.14. The third kappa shape index (κ3) is 3.80. The molecular weight excluding hydrogens is 342 g/mol. The molecular formula is C21H26N3O3+. The Morgan fingerprint density at radius 3 is 2.52 bits per heavy atom. The van der Waals surface area contributed by atoms with Crippen LogP contribution in [0.1, 0.15) is 25.0 Å². The molecule has 2 aromatic carbocycles. The van der Waals surface area contributed by atoms with Gasteiger partial charge in [-0.25, -0.2) is 9.69 Å². The largest absolute Gasteiger partial charge is 0.497 e. The van der Waals surface area contributed by atoms with Gasteiger partial charge in [-0.3, -0.25) is 4.79 Å². The Balaban J connectivity index is 1.78. The summed E-state index contributed by atoms with van der Waals surface area (Å²) >= 11 is 0. The van der Waals surface area contributed by atoms with Crippen LogP contribution in [0.2, 0.25) is 0 Å². The van der Waals surface area contributed by atoms with Crippen molar-refractivity contribution in [3.63, 3.8) is 0 Å². The van der Waals surface area contributed by atoms with E-state index in [1.165, 1.54) is 10.5 Å². The number of nitrogens with zero attached hydrogens (tertiary/aromatic N) is 1. The monoisotopic (exact) mass is 368 g/mol. The molecule has 1 heterocycles. The molecule has 1 aliphatic heterocycles. The maximum Gasteiger partial charge on any atom is 0.329 e. The Kier molecular flexibility index (Phi) is 5.46. The molecule has 1 aliphatic rings. The fraction of sp³-hybridized carbons (Fsp3) is 0.333. The highest BCUT2D eigenvalue weighted by Crippen LogP contribution is 2.30. The van der Waals surface area contributed by atoms with Gasteiger partial charge in [-0.15, -0.1) is 0 Å². The molecule has 1 saturated heterocycles. The standard InChI is InChI=1S/C21H25N3O3/c1-4-23(14-16-9-6-5-7-10-16)15-24-19(25)21(2,22-20(24)26)17-11-8-12-18(13-17)27-3/h5-13H,4,14-15H2,1-3H3,(H,22,26)/p+1/t21-/m0/s1. The zero-order valence-electron chi connectivity index (χ0n) is 16.0. The van der Waals surface area contributed by atoms with E-state index >= 15 is 0 Å². The summed E-state index contributed by atoms with van der Waals surface area (Å²) in [6.07, 6.45) is 0. The van der Waals surface area contributed by atoms with Crippen LogP contribution in [-0.2, 0) is 16.9 Å². The van der Waals surface area contributed by atoms with E-state index in [-0.39, 0.29) is 11.9 Å². The van der Waals surface area contributed by atoms with E-state index in [9.17, 15) is 9.59 Å². The van der Waals surface area contributed by atoms with Crippen LogP contribution in [0.5, 0.6) is 5.75 Å². The van der Waals surface area contributed by atoms with Crippen LogP contribution in [0, 0.1) is 0 Å². The molecule has 0 aliphatic carbocycles. The van der Waals surface area contributed by atoms with E-state index in [0.29, 0.717) is 18.0 Å². The second-order valence-electron chi connectivity index (χ2n) is 6.94. The number of nitrogens with one attached hydrogen (secondary N) is 2. The topological polar surface area (TPSA) is 63.1 Å². The van der Waals surface area contributed by atoms with Crippen LogP contribution in [0.4, 0.5) is 4.79 Å². The number of methoxy groups -OCH3 is 1.